The lowest BCUT2D eigenvalue weighted by Gasteiger charge is -2.08. The van der Waals surface area contributed by atoms with Crippen LogP contribution in [0.2, 0.25) is 0 Å². The van der Waals surface area contributed by atoms with Crippen LogP contribution in [0.1, 0.15) is 11.1 Å². The Labute approximate surface area is 227 Å². The SMILES string of the molecule is Fc1ccccc1.Oc1cc(Sc2ccc(Sc3ccc(F)cc3)cc2)c(F)cc1C(=[OH+])c1ccccc1. The Morgan fingerprint density at radius 2 is 1.05 bits per heavy atom. The van der Waals surface area contributed by atoms with Gasteiger partial charge in [0.15, 0.2) is 0 Å². The van der Waals surface area contributed by atoms with Crippen molar-refractivity contribution in [3.05, 3.63) is 150 Å². The van der Waals surface area contributed by atoms with E-state index in [2.05, 4.69) is 0 Å². The molecule has 0 aliphatic heterocycles. The van der Waals surface area contributed by atoms with Crippen molar-refractivity contribution in [1.82, 2.24) is 0 Å². The average Bonchev–Trinajstić information content (AvgIpc) is 2.94. The smallest absolute Gasteiger partial charge is 0.358 e. The van der Waals surface area contributed by atoms with E-state index in [4.69, 9.17) is 0 Å². The minimum atomic E-state index is -0.537. The molecule has 5 rings (SSSR count). The number of hydrogen-bond donors (Lipinski definition) is 1. The molecular weight excluding hydrogens is 525 g/mol. The average molecular weight is 548 g/mol. The third kappa shape index (κ3) is 7.54. The van der Waals surface area contributed by atoms with Gasteiger partial charge in [-0.15, -0.1) is 0 Å². The molecule has 2 N–H and O–H groups in total. The first kappa shape index (κ1) is 27.1. The van der Waals surface area contributed by atoms with Gasteiger partial charge < -0.3 is 5.11 Å². The maximum Gasteiger partial charge on any atom is 0.358 e. The molecule has 0 atom stereocenters. The lowest BCUT2D eigenvalue weighted by Crippen LogP contribution is -2.04. The maximum atomic E-state index is 14.7. The first-order valence-corrected chi connectivity index (χ1v) is 13.1. The van der Waals surface area contributed by atoms with Crippen molar-refractivity contribution >= 4 is 29.3 Å². The molecule has 38 heavy (non-hydrogen) atoms. The highest BCUT2D eigenvalue weighted by Gasteiger charge is 2.22. The fraction of sp³-hybridized carbons (Fsp3) is 0. The number of benzene rings is 5. The molecular formula is C31H22F3O2S2+. The number of aromatic hydroxyl groups is 1. The summed E-state index contributed by atoms with van der Waals surface area (Å²) in [5.74, 6) is -1.38. The van der Waals surface area contributed by atoms with Crippen molar-refractivity contribution in [1.29, 1.82) is 0 Å². The van der Waals surface area contributed by atoms with Crippen LogP contribution in [-0.2, 0) is 0 Å². The van der Waals surface area contributed by atoms with Gasteiger partial charge >= 0.3 is 5.78 Å². The zero-order valence-electron chi connectivity index (χ0n) is 19.9. The van der Waals surface area contributed by atoms with Gasteiger partial charge in [-0.25, -0.2) is 13.2 Å². The molecule has 0 fully saturated rings. The first-order valence-electron chi connectivity index (χ1n) is 11.4. The molecule has 0 unspecified atom stereocenters. The highest BCUT2D eigenvalue weighted by molar-refractivity contribution is 7.99. The molecule has 0 aliphatic rings. The molecule has 7 heteroatoms. The monoisotopic (exact) mass is 547 g/mol. The highest BCUT2D eigenvalue weighted by atomic mass is 32.2. The van der Waals surface area contributed by atoms with Crippen molar-refractivity contribution in [2.24, 2.45) is 0 Å². The Bertz CT molecular complexity index is 1490. The molecule has 5 aromatic rings. The zero-order valence-corrected chi connectivity index (χ0v) is 21.5. The van der Waals surface area contributed by atoms with E-state index in [1.54, 1.807) is 60.7 Å². The molecule has 2 nitrogen and oxygen atoms in total. The number of rotatable bonds is 6. The van der Waals surface area contributed by atoms with Gasteiger partial charge in [0, 0.05) is 14.7 Å². The second kappa shape index (κ2) is 13.0. The van der Waals surface area contributed by atoms with E-state index in [0.717, 1.165) is 20.8 Å². The topological polar surface area (TPSA) is 41.6 Å². The summed E-state index contributed by atoms with van der Waals surface area (Å²) in [6.45, 7) is 0. The van der Waals surface area contributed by atoms with Gasteiger partial charge in [-0.1, -0.05) is 59.9 Å². The zero-order chi connectivity index (χ0) is 26.9. The van der Waals surface area contributed by atoms with Gasteiger partial charge in [-0.05, 0) is 84.9 Å². The second-order valence-corrected chi connectivity index (χ2v) is 10.2. The van der Waals surface area contributed by atoms with Crippen molar-refractivity contribution in [2.45, 2.75) is 19.6 Å². The van der Waals surface area contributed by atoms with E-state index in [1.165, 1.54) is 53.9 Å². The lowest BCUT2D eigenvalue weighted by molar-refractivity contribution is 0.467. The molecule has 0 saturated heterocycles. The van der Waals surface area contributed by atoms with E-state index in [9.17, 15) is 23.1 Å². The largest absolute Gasteiger partial charge is 0.507 e. The van der Waals surface area contributed by atoms with Crippen LogP contribution >= 0.6 is 23.5 Å². The Hall–Kier alpha value is -3.94. The summed E-state index contributed by atoms with van der Waals surface area (Å²) < 4.78 is 39.6. The Kier molecular flexibility index (Phi) is 9.30. The molecule has 0 amide bonds. The van der Waals surface area contributed by atoms with E-state index in [1.807, 2.05) is 24.3 Å². The van der Waals surface area contributed by atoms with Crippen LogP contribution in [0.25, 0.3) is 0 Å². The van der Waals surface area contributed by atoms with Crippen LogP contribution in [0.5, 0.6) is 5.75 Å². The van der Waals surface area contributed by atoms with Crippen molar-refractivity contribution in [3.63, 3.8) is 0 Å². The molecule has 0 aromatic heterocycles. The minimum absolute atomic E-state index is 0.0408. The molecule has 0 radical (unpaired) electrons. The van der Waals surface area contributed by atoms with Crippen LogP contribution < -0.4 is 0 Å². The van der Waals surface area contributed by atoms with Crippen molar-refractivity contribution in [3.8, 4) is 5.75 Å². The van der Waals surface area contributed by atoms with Crippen LogP contribution in [0, 0.1) is 17.5 Å². The predicted octanol–water partition coefficient (Wildman–Crippen LogP) is 8.74. The summed E-state index contributed by atoms with van der Waals surface area (Å²) in [6.07, 6.45) is 0. The van der Waals surface area contributed by atoms with Gasteiger partial charge in [-0.2, -0.15) is 0 Å². The van der Waals surface area contributed by atoms with Crippen molar-refractivity contribution < 1.29 is 23.1 Å². The normalized spacial score (nSPS) is 10.4. The molecule has 0 aliphatic carbocycles. The number of carbonyl (C=O) groups excluding carboxylic acids is 1. The molecule has 0 saturated carbocycles. The Balaban J connectivity index is 0.000000417. The molecule has 0 bridgehead atoms. The summed E-state index contributed by atoms with van der Waals surface area (Å²) in [5, 5.41) is 10.4. The minimum Gasteiger partial charge on any atom is -0.507 e. The standard InChI is InChI=1S/C25H16F2O2S2.C6H5F/c26-17-6-8-18(9-7-17)30-19-10-12-20(13-11-19)31-24-15-23(28)21(14-22(24)27)25(29)16-4-2-1-3-5-16;7-6-4-2-1-3-5-6/h1-15,28H;1-5H/p+1. The number of phenolic OH excluding ortho intramolecular Hbond substituents is 1. The van der Waals surface area contributed by atoms with Crippen LogP contribution in [0.4, 0.5) is 13.2 Å². The van der Waals surface area contributed by atoms with Crippen LogP contribution in [-0.4, -0.2) is 15.7 Å². The summed E-state index contributed by atoms with van der Waals surface area (Å²) in [4.78, 5) is 13.3. The second-order valence-electron chi connectivity index (χ2n) is 7.94. The van der Waals surface area contributed by atoms with E-state index >= 15 is 0 Å². The van der Waals surface area contributed by atoms with Gasteiger partial charge in [-0.3, -0.25) is 4.79 Å². The molecule has 0 heterocycles. The van der Waals surface area contributed by atoms with Crippen LogP contribution in [0.15, 0.2) is 141 Å². The number of ketones is 1. The third-order valence-corrected chi connectivity index (χ3v) is 7.24. The van der Waals surface area contributed by atoms with Crippen molar-refractivity contribution in [2.75, 3.05) is 0 Å². The summed E-state index contributed by atoms with van der Waals surface area (Å²) >= 11 is 2.68. The number of halogens is 3. The number of hydrogen-bond acceptors (Lipinski definition) is 3. The van der Waals surface area contributed by atoms with Gasteiger partial charge in [0.05, 0.1) is 10.5 Å². The lowest BCUT2D eigenvalue weighted by atomic mass is 10.0. The fourth-order valence-corrected chi connectivity index (χ4v) is 4.99. The molecule has 5 aromatic carbocycles. The summed E-state index contributed by atoms with van der Waals surface area (Å²) in [7, 11) is 0. The van der Waals surface area contributed by atoms with E-state index < -0.39 is 5.82 Å². The molecule has 190 valence electrons. The quantitative estimate of drug-likeness (QED) is 0.171. The predicted molar refractivity (Wildman–Crippen MR) is 147 cm³/mol. The maximum absolute atomic E-state index is 14.7. The Morgan fingerprint density at radius 1 is 0.579 bits per heavy atom. The van der Waals surface area contributed by atoms with Gasteiger partial charge in [0.2, 0.25) is 0 Å². The Morgan fingerprint density at radius 3 is 1.58 bits per heavy atom. The van der Waals surface area contributed by atoms with E-state index in [0.29, 0.717) is 5.56 Å². The highest BCUT2D eigenvalue weighted by Crippen LogP contribution is 2.36. The van der Waals surface area contributed by atoms with Crippen LogP contribution in [0.3, 0.4) is 0 Å². The fourth-order valence-electron chi connectivity index (χ4n) is 3.32. The first-order chi connectivity index (χ1) is 18.4. The summed E-state index contributed by atoms with van der Waals surface area (Å²) in [6, 6.07) is 32.8. The van der Waals surface area contributed by atoms with Gasteiger partial charge in [0.1, 0.15) is 28.8 Å². The third-order valence-electron chi connectivity index (χ3n) is 5.19. The summed E-state index contributed by atoms with van der Waals surface area (Å²) in [5.41, 5.74) is 0.533. The van der Waals surface area contributed by atoms with Gasteiger partial charge in [0.25, 0.3) is 0 Å². The molecule has 0 spiro atoms. The van der Waals surface area contributed by atoms with E-state index in [-0.39, 0.29) is 33.6 Å². The number of phenols is 1.